The van der Waals surface area contributed by atoms with Crippen molar-refractivity contribution >= 4 is 28.7 Å². The van der Waals surface area contributed by atoms with E-state index in [2.05, 4.69) is 91.0 Å². The summed E-state index contributed by atoms with van der Waals surface area (Å²) in [5, 5.41) is 4.42. The van der Waals surface area contributed by atoms with E-state index >= 15 is 0 Å². The first-order valence-electron chi connectivity index (χ1n) is 7.03. The third-order valence-electron chi connectivity index (χ3n) is 3.40. The molecule has 0 bridgehead atoms. The molecule has 0 aromatic heterocycles. The molecule has 3 aromatic rings. The molecule has 0 radical (unpaired) electrons. The Kier molecular flexibility index (Phi) is 7.16. The first-order valence-corrected chi connectivity index (χ1v) is 9.70. The Bertz CT molecular complexity index is 578. The molecule has 0 aliphatic carbocycles. The minimum atomic E-state index is -1.31. The van der Waals surface area contributed by atoms with Gasteiger partial charge in [0.2, 0.25) is 0 Å². The normalized spacial score (nSPS) is 10.2. The molecule has 0 aliphatic heterocycles. The molecule has 3 aromatic carbocycles. The van der Waals surface area contributed by atoms with E-state index in [1.807, 2.05) is 18.3 Å². The van der Waals surface area contributed by atoms with E-state index in [4.69, 9.17) is 4.79 Å². The van der Waals surface area contributed by atoms with Crippen LogP contribution in [0.25, 0.3) is 0 Å². The average molecular weight is 396 g/mol. The van der Waals surface area contributed by atoms with Gasteiger partial charge in [0.1, 0.15) is 0 Å². The van der Waals surface area contributed by atoms with Gasteiger partial charge in [-0.2, -0.15) is 0 Å². The van der Waals surface area contributed by atoms with E-state index in [-0.39, 0.29) is 0 Å². The summed E-state index contributed by atoms with van der Waals surface area (Å²) in [6, 6.07) is 32.7. The predicted octanol–water partition coefficient (Wildman–Crippen LogP) is 2.63. The van der Waals surface area contributed by atoms with Gasteiger partial charge in [-0.1, -0.05) is 0 Å². The van der Waals surface area contributed by atoms with E-state index in [9.17, 15) is 0 Å². The number of hydrogen-bond donors (Lipinski definition) is 0. The van der Waals surface area contributed by atoms with Crippen LogP contribution >= 0.6 is 7.92 Å². The molecular weight excluding hydrogens is 378 g/mol. The van der Waals surface area contributed by atoms with Crippen LogP contribution in [-0.4, -0.2) is 4.88 Å². The predicted molar refractivity (Wildman–Crippen MR) is 94.7 cm³/mol. The first kappa shape index (κ1) is 16.7. The Morgan fingerprint density at radius 2 is 0.818 bits per heavy atom. The van der Waals surface area contributed by atoms with Gasteiger partial charge in [0.15, 0.2) is 0 Å². The topological polar surface area (TPSA) is 17.1 Å². The summed E-state index contributed by atoms with van der Waals surface area (Å²) in [4.78, 5) is 9.40. The summed E-state index contributed by atoms with van der Waals surface area (Å²) in [7, 11) is -1.31. The van der Waals surface area contributed by atoms with Crippen molar-refractivity contribution in [1.29, 1.82) is 0 Å². The summed E-state index contributed by atoms with van der Waals surface area (Å²) in [5.41, 5.74) is 0. The SMILES string of the molecule is O=[CH][Rh].c1ccc([PH2](c2ccccc2)c2ccccc2)cc1. The molecule has 0 atom stereocenters. The van der Waals surface area contributed by atoms with Gasteiger partial charge in [-0.3, -0.25) is 0 Å². The van der Waals surface area contributed by atoms with Gasteiger partial charge in [-0.05, 0) is 0 Å². The molecule has 0 saturated carbocycles. The molecule has 0 unspecified atom stereocenters. The van der Waals surface area contributed by atoms with Crippen molar-refractivity contribution in [2.24, 2.45) is 0 Å². The summed E-state index contributed by atoms with van der Waals surface area (Å²) in [5.74, 6) is 0. The van der Waals surface area contributed by atoms with Crippen molar-refractivity contribution in [2.75, 3.05) is 0 Å². The van der Waals surface area contributed by atoms with Gasteiger partial charge in [0.25, 0.3) is 0 Å². The summed E-state index contributed by atoms with van der Waals surface area (Å²) < 4.78 is 0. The second-order valence-corrected chi connectivity index (χ2v) is 8.00. The fraction of sp³-hybridized carbons (Fsp3) is 0. The monoisotopic (exact) mass is 396 g/mol. The number of hydrogen-bond acceptors (Lipinski definition) is 1. The van der Waals surface area contributed by atoms with Crippen LogP contribution < -0.4 is 15.9 Å². The van der Waals surface area contributed by atoms with E-state index in [0.29, 0.717) is 4.88 Å². The maximum atomic E-state index is 8.76. The molecule has 114 valence electrons. The standard InChI is InChI=1S/C18H17P.CHO.Rh/c1-4-10-16(11-5-1)19(17-12-6-2-7-13-17)18-14-8-3-9-15-18;1-2;/h1-15H,19H2;1H;. The van der Waals surface area contributed by atoms with Gasteiger partial charge >= 0.3 is 143 Å². The quantitative estimate of drug-likeness (QED) is 0.378. The Labute approximate surface area is 142 Å². The van der Waals surface area contributed by atoms with Crippen molar-refractivity contribution in [3.8, 4) is 0 Å². The second-order valence-electron chi connectivity index (χ2n) is 4.74. The fourth-order valence-corrected chi connectivity index (χ4v) is 5.49. The number of benzene rings is 3. The molecule has 0 aliphatic rings. The Balaban J connectivity index is 0.000000545. The zero-order chi connectivity index (χ0) is 15.6. The molecule has 1 nitrogen and oxygen atoms in total. The molecule has 0 saturated heterocycles. The van der Waals surface area contributed by atoms with Crippen LogP contribution in [0.5, 0.6) is 0 Å². The van der Waals surface area contributed by atoms with Crippen LogP contribution in [0.4, 0.5) is 0 Å². The van der Waals surface area contributed by atoms with Gasteiger partial charge in [0, 0.05) is 0 Å². The van der Waals surface area contributed by atoms with E-state index < -0.39 is 7.92 Å². The third kappa shape index (κ3) is 4.70. The van der Waals surface area contributed by atoms with Crippen LogP contribution in [0.3, 0.4) is 0 Å². The molecule has 3 rings (SSSR count). The Morgan fingerprint density at radius 3 is 1.05 bits per heavy atom. The number of carbonyl (C=O) groups is 1. The van der Waals surface area contributed by atoms with Gasteiger partial charge in [0.05, 0.1) is 0 Å². The zero-order valence-corrected chi connectivity index (χ0v) is 14.8. The van der Waals surface area contributed by atoms with Gasteiger partial charge in [-0.15, -0.1) is 0 Å². The molecule has 0 heterocycles. The van der Waals surface area contributed by atoms with Crippen LogP contribution in [0.2, 0.25) is 0 Å². The molecule has 22 heavy (non-hydrogen) atoms. The Morgan fingerprint density at radius 1 is 0.591 bits per heavy atom. The van der Waals surface area contributed by atoms with Gasteiger partial charge < -0.3 is 0 Å². The molecule has 3 heteroatoms. The van der Waals surface area contributed by atoms with E-state index in [1.54, 1.807) is 0 Å². The van der Waals surface area contributed by atoms with Crippen molar-refractivity contribution in [3.05, 3.63) is 91.0 Å². The van der Waals surface area contributed by atoms with Crippen molar-refractivity contribution in [2.45, 2.75) is 0 Å². The zero-order valence-electron chi connectivity index (χ0n) is 12.1. The number of carbonyl (C=O) groups excluding carboxylic acids is 1. The van der Waals surface area contributed by atoms with E-state index in [1.165, 1.54) is 15.9 Å². The fourth-order valence-electron chi connectivity index (χ4n) is 2.51. The Hall–Kier alpha value is -1.62. The van der Waals surface area contributed by atoms with Crippen LogP contribution in [0, 0.1) is 0 Å². The van der Waals surface area contributed by atoms with Crippen LogP contribution in [-0.2, 0) is 23.1 Å². The molecule has 0 spiro atoms. The summed E-state index contributed by atoms with van der Waals surface area (Å²) >= 11 is 2.04. The minimum absolute atomic E-state index is 0.640. The number of rotatable bonds is 3. The van der Waals surface area contributed by atoms with E-state index in [0.717, 1.165) is 0 Å². The molecule has 0 fully saturated rings. The molecular formula is C19H18OPRh. The van der Waals surface area contributed by atoms with Crippen molar-refractivity contribution < 1.29 is 23.1 Å². The van der Waals surface area contributed by atoms with Crippen LogP contribution in [0.1, 0.15) is 0 Å². The van der Waals surface area contributed by atoms with Crippen molar-refractivity contribution in [1.82, 2.24) is 0 Å². The molecule has 0 N–H and O–H groups in total. The third-order valence-corrected chi connectivity index (χ3v) is 6.55. The molecule has 0 amide bonds. The summed E-state index contributed by atoms with van der Waals surface area (Å²) in [6.07, 6.45) is 0. The van der Waals surface area contributed by atoms with Gasteiger partial charge in [-0.25, -0.2) is 0 Å². The average Bonchev–Trinajstić information content (AvgIpc) is 2.59. The van der Waals surface area contributed by atoms with Crippen LogP contribution in [0.15, 0.2) is 91.0 Å². The second kappa shape index (κ2) is 9.41. The summed E-state index contributed by atoms with van der Waals surface area (Å²) in [6.45, 7) is 0. The first-order chi connectivity index (χ1) is 10.9. The maximum absolute atomic E-state index is 8.76. The van der Waals surface area contributed by atoms with Crippen molar-refractivity contribution in [3.63, 3.8) is 0 Å².